The van der Waals surface area contributed by atoms with Gasteiger partial charge in [0, 0.05) is 36.6 Å². The van der Waals surface area contributed by atoms with Gasteiger partial charge in [0.05, 0.1) is 25.9 Å². The topological polar surface area (TPSA) is 34.6 Å². The van der Waals surface area contributed by atoms with Gasteiger partial charge in [-0.15, -0.1) is 11.3 Å². The zero-order valence-electron chi connectivity index (χ0n) is 14.1. The highest BCUT2D eigenvalue weighted by Crippen LogP contribution is 2.35. The van der Waals surface area contributed by atoms with Crippen molar-refractivity contribution in [2.24, 2.45) is 5.92 Å². The van der Waals surface area contributed by atoms with Crippen LogP contribution in [0, 0.1) is 11.7 Å². The first-order valence-corrected chi connectivity index (χ1v) is 9.74. The molecule has 0 spiro atoms. The smallest absolute Gasteiger partial charge is 0.123 e. The van der Waals surface area contributed by atoms with Gasteiger partial charge in [-0.2, -0.15) is 0 Å². The van der Waals surface area contributed by atoms with E-state index in [-0.39, 0.29) is 11.9 Å². The highest BCUT2D eigenvalue weighted by molar-refractivity contribution is 7.09. The molecule has 1 aromatic carbocycles. The average molecular weight is 362 g/mol. The van der Waals surface area contributed by atoms with Crippen LogP contribution >= 0.6 is 11.3 Å². The van der Waals surface area contributed by atoms with Crippen LogP contribution in [0.15, 0.2) is 35.8 Å². The van der Waals surface area contributed by atoms with Gasteiger partial charge in [-0.3, -0.25) is 4.90 Å². The van der Waals surface area contributed by atoms with Gasteiger partial charge in [0.25, 0.3) is 0 Å². The first-order valence-electron chi connectivity index (χ1n) is 8.86. The maximum absolute atomic E-state index is 13.1. The van der Waals surface area contributed by atoms with E-state index >= 15 is 0 Å². The predicted octanol–water partition coefficient (Wildman–Crippen LogP) is 3.48. The fraction of sp³-hybridized carbons (Fsp3) is 0.526. The van der Waals surface area contributed by atoms with Crippen molar-refractivity contribution in [1.29, 1.82) is 0 Å². The molecule has 3 atom stereocenters. The van der Waals surface area contributed by atoms with E-state index in [0.717, 1.165) is 49.7 Å². The molecular formula is C19H23FN2O2S. The van der Waals surface area contributed by atoms with E-state index in [1.807, 2.05) is 23.7 Å². The molecule has 6 heteroatoms. The maximum atomic E-state index is 13.1. The molecule has 2 heterocycles. The molecule has 4 nitrogen and oxygen atoms in total. The fourth-order valence-electron chi connectivity index (χ4n) is 3.96. The van der Waals surface area contributed by atoms with Crippen LogP contribution in [0.1, 0.15) is 23.4 Å². The third-order valence-electron chi connectivity index (χ3n) is 5.17. The number of hydrogen-bond acceptors (Lipinski definition) is 5. The van der Waals surface area contributed by atoms with Crippen LogP contribution in [-0.2, 0) is 22.6 Å². The second kappa shape index (κ2) is 7.91. The molecule has 1 saturated heterocycles. The third-order valence-corrected chi connectivity index (χ3v) is 5.93. The van der Waals surface area contributed by atoms with E-state index in [1.54, 1.807) is 11.3 Å². The summed E-state index contributed by atoms with van der Waals surface area (Å²) in [6, 6.07) is 7.27. The molecule has 25 heavy (non-hydrogen) atoms. The van der Waals surface area contributed by atoms with Crippen LogP contribution in [0.4, 0.5) is 4.39 Å². The van der Waals surface area contributed by atoms with Gasteiger partial charge in [0.1, 0.15) is 10.8 Å². The number of aromatic nitrogens is 1. The lowest BCUT2D eigenvalue weighted by molar-refractivity contribution is -0.0891. The number of benzene rings is 1. The van der Waals surface area contributed by atoms with E-state index in [2.05, 4.69) is 9.88 Å². The molecule has 134 valence electrons. The Balaban J connectivity index is 1.32. The van der Waals surface area contributed by atoms with Crippen LogP contribution < -0.4 is 0 Å². The molecule has 0 N–H and O–H groups in total. The highest BCUT2D eigenvalue weighted by atomic mass is 32.1. The standard InChI is InChI=1S/C19H23FN2O2S/c20-16-4-1-14(2-5-16)11-22-8-9-24-19-15(3-6-17(19)22)12-23-13-18-21-7-10-25-18/h1-2,4-5,7,10,15,17,19H,3,6,8-9,11-13H2/t15-,17+,19+/m0/s1. The van der Waals surface area contributed by atoms with Gasteiger partial charge >= 0.3 is 0 Å². The maximum Gasteiger partial charge on any atom is 0.123 e. The van der Waals surface area contributed by atoms with Crippen LogP contribution in [-0.4, -0.2) is 41.8 Å². The lowest BCUT2D eigenvalue weighted by atomic mass is 10.0. The van der Waals surface area contributed by atoms with E-state index in [0.29, 0.717) is 18.6 Å². The van der Waals surface area contributed by atoms with Crippen molar-refractivity contribution < 1.29 is 13.9 Å². The molecule has 1 aliphatic heterocycles. The van der Waals surface area contributed by atoms with Crippen LogP contribution in [0.3, 0.4) is 0 Å². The molecule has 1 aliphatic carbocycles. The molecule has 1 aromatic heterocycles. The highest BCUT2D eigenvalue weighted by Gasteiger charge is 2.42. The molecular weight excluding hydrogens is 339 g/mol. The summed E-state index contributed by atoms with van der Waals surface area (Å²) in [7, 11) is 0. The summed E-state index contributed by atoms with van der Waals surface area (Å²) in [6.45, 7) is 3.87. The van der Waals surface area contributed by atoms with Gasteiger partial charge in [-0.05, 0) is 30.5 Å². The van der Waals surface area contributed by atoms with Gasteiger partial charge in [0.2, 0.25) is 0 Å². The fourth-order valence-corrected chi connectivity index (χ4v) is 4.51. The van der Waals surface area contributed by atoms with Gasteiger partial charge in [0.15, 0.2) is 0 Å². The molecule has 0 bridgehead atoms. The Morgan fingerprint density at radius 3 is 2.96 bits per heavy atom. The number of ether oxygens (including phenoxy) is 2. The Kier molecular flexibility index (Phi) is 5.41. The summed E-state index contributed by atoms with van der Waals surface area (Å²) in [4.78, 5) is 6.74. The summed E-state index contributed by atoms with van der Waals surface area (Å²) in [5.41, 5.74) is 1.16. The molecule has 0 amide bonds. The summed E-state index contributed by atoms with van der Waals surface area (Å²) in [5.74, 6) is 0.267. The number of halogens is 1. The van der Waals surface area contributed by atoms with Crippen LogP contribution in [0.2, 0.25) is 0 Å². The number of fused-ring (bicyclic) bond motifs is 1. The Morgan fingerprint density at radius 1 is 1.28 bits per heavy atom. The van der Waals surface area contributed by atoms with Crippen molar-refractivity contribution in [3.05, 3.63) is 52.2 Å². The van der Waals surface area contributed by atoms with Gasteiger partial charge < -0.3 is 9.47 Å². The largest absolute Gasteiger partial charge is 0.375 e. The minimum absolute atomic E-state index is 0.179. The van der Waals surface area contributed by atoms with Crippen molar-refractivity contribution in [3.63, 3.8) is 0 Å². The van der Waals surface area contributed by atoms with E-state index in [4.69, 9.17) is 9.47 Å². The Bertz CT molecular complexity index is 665. The summed E-state index contributed by atoms with van der Waals surface area (Å²) >= 11 is 1.63. The third kappa shape index (κ3) is 4.08. The average Bonchev–Trinajstić information content (AvgIpc) is 3.28. The quantitative estimate of drug-likeness (QED) is 0.788. The molecule has 2 aromatic rings. The number of morpholine rings is 1. The van der Waals surface area contributed by atoms with Crippen molar-refractivity contribution >= 4 is 11.3 Å². The van der Waals surface area contributed by atoms with Crippen molar-refractivity contribution in [3.8, 4) is 0 Å². The zero-order chi connectivity index (χ0) is 17.1. The Hall–Kier alpha value is -1.34. The van der Waals surface area contributed by atoms with Crippen LogP contribution in [0.25, 0.3) is 0 Å². The monoisotopic (exact) mass is 362 g/mol. The first-order chi connectivity index (χ1) is 12.3. The number of nitrogens with zero attached hydrogens (tertiary/aromatic N) is 2. The molecule has 0 radical (unpaired) electrons. The molecule has 1 saturated carbocycles. The molecule has 0 unspecified atom stereocenters. The summed E-state index contributed by atoms with van der Waals surface area (Å²) in [6.07, 6.45) is 4.32. The van der Waals surface area contributed by atoms with E-state index in [1.165, 1.54) is 12.1 Å². The normalized spacial score (nSPS) is 26.7. The SMILES string of the molecule is Fc1ccc(CN2CCO[C@@H]3[C@H](COCc4nccs4)CC[C@H]32)cc1. The Morgan fingerprint density at radius 2 is 2.16 bits per heavy atom. The van der Waals surface area contributed by atoms with E-state index < -0.39 is 0 Å². The summed E-state index contributed by atoms with van der Waals surface area (Å²) in [5, 5.41) is 3.00. The van der Waals surface area contributed by atoms with Gasteiger partial charge in [-0.1, -0.05) is 12.1 Å². The number of thiazole rings is 1. The first kappa shape index (κ1) is 17.1. The van der Waals surface area contributed by atoms with Crippen molar-refractivity contribution in [2.45, 2.75) is 38.1 Å². The van der Waals surface area contributed by atoms with E-state index in [9.17, 15) is 4.39 Å². The molecule has 2 aliphatic rings. The minimum Gasteiger partial charge on any atom is -0.375 e. The lowest BCUT2D eigenvalue weighted by Crippen LogP contribution is -2.50. The second-order valence-electron chi connectivity index (χ2n) is 6.78. The summed E-state index contributed by atoms with van der Waals surface area (Å²) < 4.78 is 25.1. The Labute approximate surface area is 151 Å². The lowest BCUT2D eigenvalue weighted by Gasteiger charge is -2.39. The predicted molar refractivity (Wildman–Crippen MR) is 94.8 cm³/mol. The second-order valence-corrected chi connectivity index (χ2v) is 7.76. The van der Waals surface area contributed by atoms with Crippen molar-refractivity contribution in [1.82, 2.24) is 9.88 Å². The minimum atomic E-state index is -0.179. The van der Waals surface area contributed by atoms with Crippen LogP contribution in [0.5, 0.6) is 0 Å². The zero-order valence-corrected chi connectivity index (χ0v) is 15.0. The van der Waals surface area contributed by atoms with Crippen molar-refractivity contribution in [2.75, 3.05) is 19.8 Å². The molecule has 2 fully saturated rings. The van der Waals surface area contributed by atoms with Gasteiger partial charge in [-0.25, -0.2) is 9.37 Å². The number of rotatable bonds is 6. The number of hydrogen-bond donors (Lipinski definition) is 0. The molecule has 4 rings (SSSR count).